The zero-order valence-corrected chi connectivity index (χ0v) is 13.7. The van der Waals surface area contributed by atoms with Crippen molar-refractivity contribution < 1.29 is 4.79 Å². The summed E-state index contributed by atoms with van der Waals surface area (Å²) in [5.74, 6) is 1.62. The normalized spacial score (nSPS) is 10.1. The van der Waals surface area contributed by atoms with E-state index in [-0.39, 0.29) is 5.91 Å². The molecule has 4 nitrogen and oxygen atoms in total. The third kappa shape index (κ3) is 5.82. The molecule has 2 rings (SSSR count). The van der Waals surface area contributed by atoms with Crippen molar-refractivity contribution >= 4 is 46.3 Å². The summed E-state index contributed by atoms with van der Waals surface area (Å²) in [4.78, 5) is 16.1. The third-order valence-corrected chi connectivity index (χ3v) is 4.68. The van der Waals surface area contributed by atoms with Crippen molar-refractivity contribution in [1.82, 2.24) is 15.6 Å². The molecule has 0 aliphatic carbocycles. The molecule has 0 saturated carbocycles. The number of carbonyl (C=O) groups is 1. The summed E-state index contributed by atoms with van der Waals surface area (Å²) in [5.41, 5.74) is 0.597. The number of hydrogen-bond donors (Lipinski definition) is 2. The lowest BCUT2D eigenvalue weighted by molar-refractivity contribution is 0.0976. The fraction of sp³-hybridized carbons (Fsp3) is 0.214. The highest BCUT2D eigenvalue weighted by Crippen LogP contribution is 2.13. The number of thiocarbonyl (C=S) groups is 1. The van der Waals surface area contributed by atoms with Crippen LogP contribution in [0.3, 0.4) is 0 Å². The van der Waals surface area contributed by atoms with Gasteiger partial charge < -0.3 is 5.32 Å². The molecule has 1 aromatic carbocycles. The Morgan fingerprint density at radius 2 is 2.14 bits per heavy atom. The van der Waals surface area contributed by atoms with Gasteiger partial charge in [0.25, 0.3) is 5.91 Å². The summed E-state index contributed by atoms with van der Waals surface area (Å²) in [6.45, 7) is 0.712. The Morgan fingerprint density at radius 1 is 1.33 bits per heavy atom. The van der Waals surface area contributed by atoms with Crippen molar-refractivity contribution in [3.8, 4) is 0 Å². The summed E-state index contributed by atoms with van der Waals surface area (Å²) in [5, 5.41) is 9.15. The largest absolute Gasteiger partial charge is 0.362 e. The molecule has 0 aliphatic rings. The van der Waals surface area contributed by atoms with E-state index in [4.69, 9.17) is 12.2 Å². The second-order valence-corrected chi connectivity index (χ2v) is 6.55. The molecule has 0 atom stereocenters. The first-order valence-electron chi connectivity index (χ1n) is 6.36. The number of benzene rings is 1. The highest BCUT2D eigenvalue weighted by Gasteiger charge is 2.06. The van der Waals surface area contributed by atoms with Crippen LogP contribution in [0.2, 0.25) is 0 Å². The molecule has 1 aromatic heterocycles. The van der Waals surface area contributed by atoms with E-state index in [1.165, 1.54) is 0 Å². The van der Waals surface area contributed by atoms with Gasteiger partial charge in [-0.2, -0.15) is 11.8 Å². The number of amides is 1. The van der Waals surface area contributed by atoms with Crippen LogP contribution in [0.5, 0.6) is 0 Å². The minimum absolute atomic E-state index is 0.191. The number of nitrogens with zero attached hydrogens (tertiary/aromatic N) is 1. The molecule has 0 spiro atoms. The molecular formula is C14H15N3OS3. The second-order valence-electron chi connectivity index (χ2n) is 4.05. The van der Waals surface area contributed by atoms with E-state index >= 15 is 0 Å². The van der Waals surface area contributed by atoms with Gasteiger partial charge in [-0.15, -0.1) is 11.3 Å². The highest BCUT2D eigenvalue weighted by atomic mass is 32.2. The molecule has 1 heterocycles. The minimum Gasteiger partial charge on any atom is -0.362 e. The fourth-order valence-electron chi connectivity index (χ4n) is 1.53. The summed E-state index contributed by atoms with van der Waals surface area (Å²) in [6, 6.07) is 9.01. The van der Waals surface area contributed by atoms with Gasteiger partial charge in [-0.3, -0.25) is 10.1 Å². The Bertz CT molecular complexity index is 572. The lowest BCUT2D eigenvalue weighted by Gasteiger charge is -2.09. The predicted octanol–water partition coefficient (Wildman–Crippen LogP) is 2.68. The Labute approximate surface area is 137 Å². The van der Waals surface area contributed by atoms with E-state index in [2.05, 4.69) is 15.6 Å². The van der Waals surface area contributed by atoms with E-state index in [0.717, 1.165) is 16.5 Å². The molecule has 0 unspecified atom stereocenters. The molecule has 0 saturated heterocycles. The van der Waals surface area contributed by atoms with E-state index in [0.29, 0.717) is 17.2 Å². The summed E-state index contributed by atoms with van der Waals surface area (Å²) >= 11 is 8.54. The molecular weight excluding hydrogens is 322 g/mol. The number of thiazole rings is 1. The first-order valence-corrected chi connectivity index (χ1v) is 8.80. The van der Waals surface area contributed by atoms with Crippen molar-refractivity contribution in [3.05, 3.63) is 52.5 Å². The Hall–Kier alpha value is -1.44. The van der Waals surface area contributed by atoms with Gasteiger partial charge in [0, 0.05) is 35.2 Å². The van der Waals surface area contributed by atoms with E-state index in [9.17, 15) is 4.79 Å². The van der Waals surface area contributed by atoms with Gasteiger partial charge >= 0.3 is 0 Å². The number of aromatic nitrogens is 1. The molecule has 2 aromatic rings. The molecule has 7 heteroatoms. The van der Waals surface area contributed by atoms with Crippen molar-refractivity contribution in [3.63, 3.8) is 0 Å². The maximum Gasteiger partial charge on any atom is 0.257 e. The van der Waals surface area contributed by atoms with Crippen LogP contribution in [-0.4, -0.2) is 28.3 Å². The van der Waals surface area contributed by atoms with Crippen LogP contribution in [0.25, 0.3) is 0 Å². The Morgan fingerprint density at radius 3 is 2.86 bits per heavy atom. The predicted molar refractivity (Wildman–Crippen MR) is 92.8 cm³/mol. The zero-order valence-electron chi connectivity index (χ0n) is 11.2. The summed E-state index contributed by atoms with van der Waals surface area (Å²) in [6.07, 6.45) is 1.81. The van der Waals surface area contributed by atoms with Crippen LogP contribution in [0.4, 0.5) is 0 Å². The highest BCUT2D eigenvalue weighted by molar-refractivity contribution is 7.98. The maximum absolute atomic E-state index is 11.8. The molecule has 0 bridgehead atoms. The summed E-state index contributed by atoms with van der Waals surface area (Å²) < 4.78 is 0. The van der Waals surface area contributed by atoms with Crippen molar-refractivity contribution in [1.29, 1.82) is 0 Å². The SMILES string of the molecule is O=C(NC(=S)NCCSCc1nccs1)c1ccccc1. The zero-order chi connectivity index (χ0) is 14.9. The average molecular weight is 337 g/mol. The molecule has 1 amide bonds. The van der Waals surface area contributed by atoms with Crippen LogP contribution in [0.1, 0.15) is 15.4 Å². The van der Waals surface area contributed by atoms with E-state index in [1.54, 1.807) is 35.2 Å². The molecule has 110 valence electrons. The second kappa shape index (κ2) is 8.76. The molecule has 0 aliphatic heterocycles. The smallest absolute Gasteiger partial charge is 0.257 e. The lowest BCUT2D eigenvalue weighted by Crippen LogP contribution is -2.40. The first kappa shape index (κ1) is 15.9. The van der Waals surface area contributed by atoms with Gasteiger partial charge in [-0.25, -0.2) is 4.98 Å². The topological polar surface area (TPSA) is 54.0 Å². The van der Waals surface area contributed by atoms with Gasteiger partial charge in [0.2, 0.25) is 0 Å². The lowest BCUT2D eigenvalue weighted by atomic mass is 10.2. The quantitative estimate of drug-likeness (QED) is 0.627. The fourth-order valence-corrected chi connectivity index (χ4v) is 3.29. The first-order chi connectivity index (χ1) is 10.3. The number of carbonyl (C=O) groups excluding carboxylic acids is 1. The minimum atomic E-state index is -0.191. The number of nitrogens with one attached hydrogen (secondary N) is 2. The van der Waals surface area contributed by atoms with Crippen LogP contribution in [-0.2, 0) is 5.75 Å². The van der Waals surface area contributed by atoms with Gasteiger partial charge in [0.15, 0.2) is 5.11 Å². The maximum atomic E-state index is 11.8. The number of thioether (sulfide) groups is 1. The van der Waals surface area contributed by atoms with Gasteiger partial charge in [0.05, 0.1) is 0 Å². The Kier molecular flexibility index (Phi) is 6.65. The van der Waals surface area contributed by atoms with E-state index < -0.39 is 0 Å². The van der Waals surface area contributed by atoms with Crippen molar-refractivity contribution in [2.45, 2.75) is 5.75 Å². The molecule has 0 radical (unpaired) electrons. The van der Waals surface area contributed by atoms with Crippen molar-refractivity contribution in [2.24, 2.45) is 0 Å². The van der Waals surface area contributed by atoms with Crippen LogP contribution in [0, 0.1) is 0 Å². The number of hydrogen-bond acceptors (Lipinski definition) is 5. The van der Waals surface area contributed by atoms with Gasteiger partial charge in [0.1, 0.15) is 5.01 Å². The molecule has 2 N–H and O–H groups in total. The number of rotatable bonds is 6. The van der Waals surface area contributed by atoms with Crippen molar-refractivity contribution in [2.75, 3.05) is 12.3 Å². The van der Waals surface area contributed by atoms with Crippen LogP contribution < -0.4 is 10.6 Å². The average Bonchev–Trinajstić information content (AvgIpc) is 3.01. The Balaban J connectivity index is 1.60. The standard InChI is InChI=1S/C14H15N3OS3/c18-13(11-4-2-1-3-5-11)17-14(19)16-6-8-20-10-12-15-7-9-21-12/h1-5,7,9H,6,8,10H2,(H2,16,17,18,19). The molecule has 21 heavy (non-hydrogen) atoms. The summed E-state index contributed by atoms with van der Waals surface area (Å²) in [7, 11) is 0. The van der Waals surface area contributed by atoms with Crippen LogP contribution >= 0.6 is 35.3 Å². The van der Waals surface area contributed by atoms with E-state index in [1.807, 2.05) is 29.8 Å². The van der Waals surface area contributed by atoms with Gasteiger partial charge in [-0.05, 0) is 24.4 Å². The molecule has 0 fully saturated rings. The van der Waals surface area contributed by atoms with Crippen LogP contribution in [0.15, 0.2) is 41.9 Å². The van der Waals surface area contributed by atoms with Gasteiger partial charge in [-0.1, -0.05) is 18.2 Å². The third-order valence-electron chi connectivity index (χ3n) is 2.50. The monoisotopic (exact) mass is 337 g/mol.